The second-order valence-corrected chi connectivity index (χ2v) is 4.58. The molecule has 0 bridgehead atoms. The van der Waals surface area contributed by atoms with Gasteiger partial charge in [0, 0.05) is 5.56 Å². The van der Waals surface area contributed by atoms with Crippen LogP contribution in [-0.4, -0.2) is 62.8 Å². The summed E-state index contributed by atoms with van der Waals surface area (Å²) >= 11 is 0. The molecule has 0 radical (unpaired) electrons. The van der Waals surface area contributed by atoms with Crippen LogP contribution in [0.3, 0.4) is 0 Å². The second-order valence-electron chi connectivity index (χ2n) is 4.58. The first-order valence-corrected chi connectivity index (χ1v) is 6.24. The third kappa shape index (κ3) is 2.93. The van der Waals surface area contributed by atoms with Crippen LogP contribution in [0.4, 0.5) is 0 Å². The molecule has 1 heterocycles. The minimum Gasteiger partial charge on any atom is -0.462 e. The van der Waals surface area contributed by atoms with Gasteiger partial charge in [0.15, 0.2) is 0 Å². The average Bonchev–Trinajstić information content (AvgIpc) is 2.48. The van der Waals surface area contributed by atoms with E-state index in [4.69, 9.17) is 14.6 Å². The van der Waals surface area contributed by atoms with Crippen LogP contribution in [0.25, 0.3) is 0 Å². The Morgan fingerprint density at radius 3 is 2.35 bits per heavy atom. The molecule has 1 saturated heterocycles. The number of hydrogen-bond donors (Lipinski definition) is 5. The highest BCUT2D eigenvalue weighted by Gasteiger charge is 2.44. The van der Waals surface area contributed by atoms with Crippen LogP contribution in [0.1, 0.15) is 5.56 Å². The van der Waals surface area contributed by atoms with E-state index in [1.807, 2.05) is 0 Å². The number of ether oxygens (including phenoxy) is 2. The number of aliphatic hydroxyl groups excluding tert-OH is 5. The van der Waals surface area contributed by atoms with Crippen molar-refractivity contribution in [2.75, 3.05) is 6.61 Å². The van der Waals surface area contributed by atoms with Crippen LogP contribution < -0.4 is 4.74 Å². The Balaban J connectivity index is 2.15. The van der Waals surface area contributed by atoms with E-state index >= 15 is 0 Å². The highest BCUT2D eigenvalue weighted by Crippen LogP contribution is 2.26. The monoisotopic (exact) mass is 286 g/mol. The quantitative estimate of drug-likeness (QED) is 0.450. The zero-order valence-electron chi connectivity index (χ0n) is 10.7. The summed E-state index contributed by atoms with van der Waals surface area (Å²) in [6.07, 6.45) is -6.67. The fraction of sp³-hybridized carbons (Fsp3) is 0.538. The van der Waals surface area contributed by atoms with Gasteiger partial charge in [0.2, 0.25) is 6.29 Å². The van der Waals surface area contributed by atoms with Crippen LogP contribution in [0.2, 0.25) is 0 Å². The molecule has 0 aliphatic carbocycles. The highest BCUT2D eigenvalue weighted by atomic mass is 16.7. The van der Waals surface area contributed by atoms with Crippen molar-refractivity contribution in [3.05, 3.63) is 29.8 Å². The van der Waals surface area contributed by atoms with E-state index in [0.717, 1.165) is 0 Å². The van der Waals surface area contributed by atoms with E-state index < -0.39 is 37.3 Å². The molecule has 112 valence electrons. The summed E-state index contributed by atoms with van der Waals surface area (Å²) in [4.78, 5) is 0. The zero-order valence-corrected chi connectivity index (χ0v) is 10.7. The van der Waals surface area contributed by atoms with Gasteiger partial charge in [0.05, 0.1) is 13.2 Å². The molecule has 7 heteroatoms. The zero-order chi connectivity index (χ0) is 14.7. The maximum absolute atomic E-state index is 9.84. The van der Waals surface area contributed by atoms with Crippen LogP contribution in [0.15, 0.2) is 24.3 Å². The van der Waals surface area contributed by atoms with E-state index in [1.54, 1.807) is 24.3 Å². The maximum atomic E-state index is 9.84. The molecule has 7 nitrogen and oxygen atoms in total. The molecule has 2 rings (SSSR count). The van der Waals surface area contributed by atoms with Crippen molar-refractivity contribution in [2.24, 2.45) is 0 Å². The van der Waals surface area contributed by atoms with Crippen molar-refractivity contribution in [1.82, 2.24) is 0 Å². The fourth-order valence-corrected chi connectivity index (χ4v) is 2.04. The van der Waals surface area contributed by atoms with Crippen molar-refractivity contribution in [2.45, 2.75) is 37.3 Å². The van der Waals surface area contributed by atoms with Crippen molar-refractivity contribution in [1.29, 1.82) is 0 Å². The van der Waals surface area contributed by atoms with Gasteiger partial charge >= 0.3 is 0 Å². The predicted molar refractivity (Wildman–Crippen MR) is 66.8 cm³/mol. The smallest absolute Gasteiger partial charge is 0.229 e. The van der Waals surface area contributed by atoms with Crippen LogP contribution in [0.5, 0.6) is 5.75 Å². The van der Waals surface area contributed by atoms with E-state index in [9.17, 15) is 20.4 Å². The number of para-hydroxylation sites is 1. The molecule has 20 heavy (non-hydrogen) atoms. The van der Waals surface area contributed by atoms with Gasteiger partial charge in [-0.15, -0.1) is 0 Å². The topological polar surface area (TPSA) is 120 Å². The molecule has 0 aromatic heterocycles. The van der Waals surface area contributed by atoms with Crippen molar-refractivity contribution in [3.8, 4) is 5.75 Å². The lowest BCUT2D eigenvalue weighted by Crippen LogP contribution is -2.60. The van der Waals surface area contributed by atoms with E-state index in [0.29, 0.717) is 11.3 Å². The summed E-state index contributed by atoms with van der Waals surface area (Å²) in [5, 5.41) is 47.4. The first-order chi connectivity index (χ1) is 9.58. The Morgan fingerprint density at radius 2 is 1.70 bits per heavy atom. The molecule has 1 aliphatic heterocycles. The van der Waals surface area contributed by atoms with Gasteiger partial charge in [0.1, 0.15) is 30.2 Å². The lowest BCUT2D eigenvalue weighted by molar-refractivity contribution is -0.277. The Morgan fingerprint density at radius 1 is 1.00 bits per heavy atom. The molecule has 5 N–H and O–H groups in total. The van der Waals surface area contributed by atoms with Crippen LogP contribution >= 0.6 is 0 Å². The largest absolute Gasteiger partial charge is 0.462 e. The lowest BCUT2D eigenvalue weighted by Gasteiger charge is -2.39. The van der Waals surface area contributed by atoms with Gasteiger partial charge in [-0.3, -0.25) is 0 Å². The van der Waals surface area contributed by atoms with Gasteiger partial charge in [-0.05, 0) is 6.07 Å². The Labute approximate surface area is 115 Å². The average molecular weight is 286 g/mol. The molecule has 1 aliphatic rings. The summed E-state index contributed by atoms with van der Waals surface area (Å²) in [5.41, 5.74) is 0.490. The third-order valence-corrected chi connectivity index (χ3v) is 3.23. The second kappa shape index (κ2) is 6.49. The van der Waals surface area contributed by atoms with E-state index in [1.165, 1.54) is 0 Å². The van der Waals surface area contributed by atoms with E-state index in [-0.39, 0.29) is 6.61 Å². The predicted octanol–water partition coefficient (Wildman–Crippen LogP) is -1.64. The van der Waals surface area contributed by atoms with Crippen LogP contribution in [0, 0.1) is 0 Å². The summed E-state index contributed by atoms with van der Waals surface area (Å²) in [6, 6.07) is 6.61. The van der Waals surface area contributed by atoms with Gasteiger partial charge in [-0.25, -0.2) is 0 Å². The molecule has 5 atom stereocenters. The normalized spacial score (nSPS) is 34.0. The molecule has 1 aromatic rings. The minimum absolute atomic E-state index is 0.256. The standard InChI is InChI=1S/C13H18O7/c14-5-7-3-1-2-4-8(7)19-13-12(18)11(17)10(16)9(6-15)20-13/h1-4,9-18H,5-6H2/t9-,10+,11+,12-,13-/m0/s1. The molecule has 0 unspecified atom stereocenters. The molecule has 0 amide bonds. The number of hydrogen-bond acceptors (Lipinski definition) is 7. The first kappa shape index (κ1) is 15.2. The van der Waals surface area contributed by atoms with Crippen molar-refractivity contribution >= 4 is 0 Å². The highest BCUT2D eigenvalue weighted by molar-refractivity contribution is 5.32. The van der Waals surface area contributed by atoms with Gasteiger partial charge in [-0.2, -0.15) is 0 Å². The summed E-state index contributed by atoms with van der Waals surface area (Å²) in [5.74, 6) is 0.291. The number of benzene rings is 1. The minimum atomic E-state index is -1.49. The maximum Gasteiger partial charge on any atom is 0.229 e. The SMILES string of the molecule is OCc1ccccc1O[C@H]1O[C@@H](CO)[C@@H](O)[C@@H](O)[C@@H]1O. The summed E-state index contributed by atoms with van der Waals surface area (Å²) in [7, 11) is 0. The van der Waals surface area contributed by atoms with Crippen molar-refractivity contribution < 1.29 is 35.0 Å². The summed E-state index contributed by atoms with van der Waals surface area (Å²) < 4.78 is 10.6. The number of rotatable bonds is 4. The molecular weight excluding hydrogens is 268 g/mol. The van der Waals surface area contributed by atoms with Gasteiger partial charge < -0.3 is 35.0 Å². The van der Waals surface area contributed by atoms with Gasteiger partial charge in [0.25, 0.3) is 0 Å². The Bertz CT molecular complexity index is 436. The molecule has 0 spiro atoms. The molecular formula is C13H18O7. The third-order valence-electron chi connectivity index (χ3n) is 3.23. The number of aliphatic hydroxyl groups is 5. The van der Waals surface area contributed by atoms with Crippen molar-refractivity contribution in [3.63, 3.8) is 0 Å². The van der Waals surface area contributed by atoms with E-state index in [2.05, 4.69) is 0 Å². The Kier molecular flexibility index (Phi) is 4.92. The van der Waals surface area contributed by atoms with Gasteiger partial charge in [-0.1, -0.05) is 18.2 Å². The fourth-order valence-electron chi connectivity index (χ4n) is 2.04. The molecule has 1 aromatic carbocycles. The molecule has 0 saturated carbocycles. The molecule has 1 fully saturated rings. The first-order valence-electron chi connectivity index (χ1n) is 6.24. The lowest BCUT2D eigenvalue weighted by atomic mass is 9.99. The van der Waals surface area contributed by atoms with Crippen LogP contribution in [-0.2, 0) is 11.3 Å². The summed E-state index contributed by atoms with van der Waals surface area (Å²) in [6.45, 7) is -0.778. The Hall–Kier alpha value is -1.22.